The van der Waals surface area contributed by atoms with Gasteiger partial charge in [-0.1, -0.05) is 32.6 Å². The average Bonchev–Trinajstić information content (AvgIpc) is 2.12. The summed E-state index contributed by atoms with van der Waals surface area (Å²) in [7, 11) is 1.64. The molecule has 1 unspecified atom stereocenters. The standard InChI is InChI=1S/C10H22N2O/c1-4-5-6-7-8-9(2)12-10(13)11-3/h9H,4-8H2,1-3H3,(H2,11,12,13). The summed E-state index contributed by atoms with van der Waals surface area (Å²) in [6, 6.07) is 0.208. The molecular formula is C10H22N2O. The lowest BCUT2D eigenvalue weighted by molar-refractivity contribution is 0.239. The fraction of sp³-hybridized carbons (Fsp3) is 0.900. The van der Waals surface area contributed by atoms with Gasteiger partial charge in [-0.3, -0.25) is 0 Å². The van der Waals surface area contributed by atoms with E-state index >= 15 is 0 Å². The number of urea groups is 1. The summed E-state index contributed by atoms with van der Waals surface area (Å²) in [4.78, 5) is 10.9. The largest absolute Gasteiger partial charge is 0.341 e. The molecule has 0 aliphatic rings. The van der Waals surface area contributed by atoms with Crippen LogP contribution in [0.15, 0.2) is 0 Å². The van der Waals surface area contributed by atoms with Crippen LogP contribution in [0.25, 0.3) is 0 Å². The van der Waals surface area contributed by atoms with E-state index in [9.17, 15) is 4.79 Å². The van der Waals surface area contributed by atoms with Crippen LogP contribution in [0.5, 0.6) is 0 Å². The first-order valence-electron chi connectivity index (χ1n) is 5.19. The molecule has 0 heterocycles. The van der Waals surface area contributed by atoms with Gasteiger partial charge in [-0.15, -0.1) is 0 Å². The summed E-state index contributed by atoms with van der Waals surface area (Å²) < 4.78 is 0. The number of rotatable bonds is 6. The predicted octanol–water partition coefficient (Wildman–Crippen LogP) is 2.27. The number of carbonyl (C=O) groups excluding carboxylic acids is 1. The first-order valence-corrected chi connectivity index (χ1v) is 5.19. The van der Waals surface area contributed by atoms with Crippen molar-refractivity contribution in [1.82, 2.24) is 10.6 Å². The SMILES string of the molecule is CCCCCCC(C)NC(=O)NC. The van der Waals surface area contributed by atoms with E-state index in [1.54, 1.807) is 7.05 Å². The van der Waals surface area contributed by atoms with Crippen LogP contribution in [0.3, 0.4) is 0 Å². The van der Waals surface area contributed by atoms with E-state index in [2.05, 4.69) is 17.6 Å². The second kappa shape index (κ2) is 7.90. The summed E-state index contributed by atoms with van der Waals surface area (Å²) in [5, 5.41) is 5.40. The fourth-order valence-corrected chi connectivity index (χ4v) is 1.25. The maximum absolute atomic E-state index is 10.9. The van der Waals surface area contributed by atoms with Crippen molar-refractivity contribution in [2.45, 2.75) is 52.0 Å². The fourth-order valence-electron chi connectivity index (χ4n) is 1.25. The monoisotopic (exact) mass is 186 g/mol. The van der Waals surface area contributed by atoms with Crippen molar-refractivity contribution in [2.24, 2.45) is 0 Å². The third-order valence-electron chi connectivity index (χ3n) is 2.10. The first-order chi connectivity index (χ1) is 6.20. The normalized spacial score (nSPS) is 12.2. The van der Waals surface area contributed by atoms with E-state index in [4.69, 9.17) is 0 Å². The molecule has 1 atom stereocenters. The molecule has 0 aliphatic carbocycles. The Kier molecular flexibility index (Phi) is 7.45. The molecule has 0 aromatic carbocycles. The summed E-state index contributed by atoms with van der Waals surface area (Å²) in [5.74, 6) is 0. The molecule has 0 saturated carbocycles. The molecule has 0 bridgehead atoms. The molecule has 0 aromatic rings. The van der Waals surface area contributed by atoms with Gasteiger partial charge in [-0.2, -0.15) is 0 Å². The van der Waals surface area contributed by atoms with Crippen molar-refractivity contribution in [2.75, 3.05) is 7.05 Å². The molecule has 13 heavy (non-hydrogen) atoms. The van der Waals surface area contributed by atoms with Gasteiger partial charge in [0.15, 0.2) is 0 Å². The summed E-state index contributed by atoms with van der Waals surface area (Å²) in [5.41, 5.74) is 0. The Morgan fingerprint density at radius 1 is 1.31 bits per heavy atom. The van der Waals surface area contributed by atoms with Crippen LogP contribution < -0.4 is 10.6 Å². The van der Waals surface area contributed by atoms with Gasteiger partial charge in [-0.25, -0.2) is 4.79 Å². The molecule has 0 rings (SSSR count). The molecule has 2 N–H and O–H groups in total. The molecule has 0 aromatic heterocycles. The van der Waals surface area contributed by atoms with Gasteiger partial charge in [0.2, 0.25) is 0 Å². The van der Waals surface area contributed by atoms with Gasteiger partial charge in [0.25, 0.3) is 0 Å². The van der Waals surface area contributed by atoms with E-state index in [1.807, 2.05) is 6.92 Å². The Morgan fingerprint density at radius 3 is 2.54 bits per heavy atom. The second-order valence-corrected chi connectivity index (χ2v) is 3.47. The zero-order chi connectivity index (χ0) is 10.1. The molecule has 0 saturated heterocycles. The summed E-state index contributed by atoms with van der Waals surface area (Å²) in [6.07, 6.45) is 6.12. The number of hydrogen-bond acceptors (Lipinski definition) is 1. The minimum atomic E-state index is -0.0806. The van der Waals surface area contributed by atoms with Crippen LogP contribution in [0.1, 0.15) is 46.0 Å². The van der Waals surface area contributed by atoms with E-state index < -0.39 is 0 Å². The molecule has 3 heteroatoms. The van der Waals surface area contributed by atoms with Crippen molar-refractivity contribution in [3.05, 3.63) is 0 Å². The zero-order valence-corrected chi connectivity index (χ0v) is 9.02. The Bertz CT molecular complexity index is 137. The van der Waals surface area contributed by atoms with Crippen molar-refractivity contribution in [3.63, 3.8) is 0 Å². The van der Waals surface area contributed by atoms with Crippen LogP contribution in [0, 0.1) is 0 Å². The quantitative estimate of drug-likeness (QED) is 0.614. The third kappa shape index (κ3) is 7.62. The van der Waals surface area contributed by atoms with E-state index in [0.717, 1.165) is 6.42 Å². The Balaban J connectivity index is 3.29. The zero-order valence-electron chi connectivity index (χ0n) is 9.02. The second-order valence-electron chi connectivity index (χ2n) is 3.47. The highest BCUT2D eigenvalue weighted by Gasteiger charge is 2.03. The minimum absolute atomic E-state index is 0.0806. The van der Waals surface area contributed by atoms with Crippen LogP contribution in [-0.2, 0) is 0 Å². The topological polar surface area (TPSA) is 41.1 Å². The molecule has 0 fully saturated rings. The molecule has 0 aliphatic heterocycles. The van der Waals surface area contributed by atoms with E-state index in [1.165, 1.54) is 25.7 Å². The summed E-state index contributed by atoms with van der Waals surface area (Å²) >= 11 is 0. The van der Waals surface area contributed by atoms with E-state index in [-0.39, 0.29) is 12.1 Å². The van der Waals surface area contributed by atoms with Gasteiger partial charge in [0, 0.05) is 13.1 Å². The van der Waals surface area contributed by atoms with Crippen molar-refractivity contribution >= 4 is 6.03 Å². The number of hydrogen-bond donors (Lipinski definition) is 2. The van der Waals surface area contributed by atoms with Gasteiger partial charge in [0.05, 0.1) is 0 Å². The maximum atomic E-state index is 10.9. The molecular weight excluding hydrogens is 164 g/mol. The highest BCUT2D eigenvalue weighted by Crippen LogP contribution is 2.04. The molecule has 78 valence electrons. The number of nitrogens with one attached hydrogen (secondary N) is 2. The van der Waals surface area contributed by atoms with Crippen LogP contribution >= 0.6 is 0 Å². The lowest BCUT2D eigenvalue weighted by Gasteiger charge is -2.12. The third-order valence-corrected chi connectivity index (χ3v) is 2.10. The average molecular weight is 186 g/mol. The number of amides is 2. The van der Waals surface area contributed by atoms with Gasteiger partial charge >= 0.3 is 6.03 Å². The van der Waals surface area contributed by atoms with Crippen LogP contribution in [0.4, 0.5) is 4.79 Å². The maximum Gasteiger partial charge on any atom is 0.314 e. The van der Waals surface area contributed by atoms with Crippen LogP contribution in [-0.4, -0.2) is 19.1 Å². The Labute approximate surface area is 81.3 Å². The first kappa shape index (κ1) is 12.3. The highest BCUT2D eigenvalue weighted by molar-refractivity contribution is 5.73. The number of unbranched alkanes of at least 4 members (excludes halogenated alkanes) is 3. The van der Waals surface area contributed by atoms with Crippen molar-refractivity contribution < 1.29 is 4.79 Å². The van der Waals surface area contributed by atoms with Crippen LogP contribution in [0.2, 0.25) is 0 Å². The van der Waals surface area contributed by atoms with E-state index in [0.29, 0.717) is 0 Å². The molecule has 3 nitrogen and oxygen atoms in total. The van der Waals surface area contributed by atoms with Gasteiger partial charge in [0.1, 0.15) is 0 Å². The predicted molar refractivity (Wildman–Crippen MR) is 55.8 cm³/mol. The Hall–Kier alpha value is -0.730. The van der Waals surface area contributed by atoms with Crippen molar-refractivity contribution in [1.29, 1.82) is 0 Å². The Morgan fingerprint density at radius 2 is 2.00 bits per heavy atom. The van der Waals surface area contributed by atoms with Gasteiger partial charge in [-0.05, 0) is 13.3 Å². The highest BCUT2D eigenvalue weighted by atomic mass is 16.2. The molecule has 0 spiro atoms. The lowest BCUT2D eigenvalue weighted by Crippen LogP contribution is -2.38. The van der Waals surface area contributed by atoms with Gasteiger partial charge < -0.3 is 10.6 Å². The summed E-state index contributed by atoms with van der Waals surface area (Å²) in [6.45, 7) is 4.24. The lowest BCUT2D eigenvalue weighted by atomic mass is 10.1. The smallest absolute Gasteiger partial charge is 0.314 e. The number of carbonyl (C=O) groups is 1. The minimum Gasteiger partial charge on any atom is -0.341 e. The molecule has 0 radical (unpaired) electrons. The van der Waals surface area contributed by atoms with Crippen molar-refractivity contribution in [3.8, 4) is 0 Å². The molecule has 2 amide bonds.